The maximum Gasteiger partial charge on any atom is 0.251 e. The summed E-state index contributed by atoms with van der Waals surface area (Å²) < 4.78 is 6.22. The van der Waals surface area contributed by atoms with Gasteiger partial charge in [0.15, 0.2) is 0 Å². The van der Waals surface area contributed by atoms with Crippen LogP contribution >= 0.6 is 15.9 Å². The van der Waals surface area contributed by atoms with Crippen molar-refractivity contribution in [2.75, 3.05) is 0 Å². The zero-order valence-corrected chi connectivity index (χ0v) is 12.9. The number of nitrogens with two attached hydrogens (primary N) is 1. The summed E-state index contributed by atoms with van der Waals surface area (Å²) in [5.74, 6) is 0.776. The summed E-state index contributed by atoms with van der Waals surface area (Å²) in [6.07, 6.45) is 1.68. The second-order valence-electron chi connectivity index (χ2n) is 4.85. The van der Waals surface area contributed by atoms with Gasteiger partial charge < -0.3 is 10.3 Å². The van der Waals surface area contributed by atoms with Crippen LogP contribution in [0.3, 0.4) is 0 Å². The Labute approximate surface area is 130 Å². The number of pyridine rings is 1. The molecule has 1 unspecified atom stereocenters. The van der Waals surface area contributed by atoms with Crippen LogP contribution in [-0.2, 0) is 5.54 Å². The Hall–Kier alpha value is -2.05. The molecule has 21 heavy (non-hydrogen) atoms. The molecule has 0 radical (unpaired) electrons. The van der Waals surface area contributed by atoms with Crippen LogP contribution in [0, 0.1) is 0 Å². The maximum absolute atomic E-state index is 6.35. The Morgan fingerprint density at radius 2 is 1.90 bits per heavy atom. The summed E-state index contributed by atoms with van der Waals surface area (Å²) in [6.45, 7) is 1.84. The molecule has 6 heteroatoms. The average molecular weight is 345 g/mol. The van der Waals surface area contributed by atoms with Gasteiger partial charge in [0.05, 0.1) is 0 Å². The molecule has 0 amide bonds. The van der Waals surface area contributed by atoms with Crippen molar-refractivity contribution in [3.05, 3.63) is 64.6 Å². The number of hydrogen-bond acceptors (Lipinski definition) is 5. The summed E-state index contributed by atoms with van der Waals surface area (Å²) in [5, 5.41) is 3.96. The summed E-state index contributed by atoms with van der Waals surface area (Å²) in [6, 6.07) is 13.3. The van der Waals surface area contributed by atoms with Crippen molar-refractivity contribution in [1.29, 1.82) is 0 Å². The molecule has 106 valence electrons. The van der Waals surface area contributed by atoms with Crippen LogP contribution in [0.2, 0.25) is 0 Å². The van der Waals surface area contributed by atoms with Crippen LogP contribution < -0.4 is 5.73 Å². The fourth-order valence-electron chi connectivity index (χ4n) is 1.95. The van der Waals surface area contributed by atoms with E-state index in [1.54, 1.807) is 6.20 Å². The number of hydrogen-bond donors (Lipinski definition) is 1. The lowest BCUT2D eigenvalue weighted by Crippen LogP contribution is -2.34. The third-order valence-corrected chi connectivity index (χ3v) is 3.67. The van der Waals surface area contributed by atoms with E-state index in [0.29, 0.717) is 17.4 Å². The average Bonchev–Trinajstić information content (AvgIpc) is 2.99. The summed E-state index contributed by atoms with van der Waals surface area (Å²) in [5.41, 5.74) is 7.05. The normalized spacial score (nSPS) is 13.9. The van der Waals surface area contributed by atoms with Crippen LogP contribution in [0.15, 0.2) is 57.7 Å². The Morgan fingerprint density at radius 3 is 2.57 bits per heavy atom. The van der Waals surface area contributed by atoms with E-state index in [4.69, 9.17) is 10.3 Å². The number of benzene rings is 1. The molecular formula is C15H13BrN4O. The van der Waals surface area contributed by atoms with Gasteiger partial charge in [0.25, 0.3) is 5.89 Å². The van der Waals surface area contributed by atoms with Gasteiger partial charge in [-0.05, 0) is 40.5 Å². The highest BCUT2D eigenvalue weighted by Gasteiger charge is 2.30. The van der Waals surface area contributed by atoms with Crippen LogP contribution in [0.25, 0.3) is 11.5 Å². The fraction of sp³-hybridized carbons (Fsp3) is 0.133. The minimum Gasteiger partial charge on any atom is -0.336 e. The number of rotatable bonds is 3. The zero-order chi connectivity index (χ0) is 14.9. The van der Waals surface area contributed by atoms with E-state index < -0.39 is 5.54 Å². The predicted octanol–water partition coefficient (Wildman–Crippen LogP) is 3.12. The Morgan fingerprint density at radius 1 is 1.14 bits per heavy atom. The van der Waals surface area contributed by atoms with Gasteiger partial charge in [-0.15, -0.1) is 0 Å². The van der Waals surface area contributed by atoms with Crippen LogP contribution in [0.4, 0.5) is 0 Å². The highest BCUT2D eigenvalue weighted by molar-refractivity contribution is 9.10. The molecule has 1 atom stereocenters. The van der Waals surface area contributed by atoms with Gasteiger partial charge in [0, 0.05) is 10.7 Å². The number of halogens is 1. The molecule has 2 aromatic heterocycles. The van der Waals surface area contributed by atoms with Gasteiger partial charge in [0.2, 0.25) is 5.82 Å². The van der Waals surface area contributed by atoms with E-state index in [9.17, 15) is 0 Å². The maximum atomic E-state index is 6.35. The quantitative estimate of drug-likeness (QED) is 0.789. The second-order valence-corrected chi connectivity index (χ2v) is 5.77. The first kappa shape index (κ1) is 13.9. The first-order valence-corrected chi connectivity index (χ1v) is 7.17. The SMILES string of the molecule is CC(N)(c1ccccc1)c1nc(-c2ccc(Br)cn2)no1. The fourth-order valence-corrected chi connectivity index (χ4v) is 2.19. The standard InChI is InChI=1S/C15H13BrN4O/c1-15(17,10-5-3-2-4-6-10)14-19-13(20-21-14)12-8-7-11(16)9-18-12/h2-9H,17H2,1H3. The van der Waals surface area contributed by atoms with Crippen molar-refractivity contribution in [2.45, 2.75) is 12.5 Å². The van der Waals surface area contributed by atoms with Gasteiger partial charge in [-0.3, -0.25) is 4.98 Å². The molecule has 0 bridgehead atoms. The van der Waals surface area contributed by atoms with Crippen molar-refractivity contribution in [3.8, 4) is 11.5 Å². The van der Waals surface area contributed by atoms with E-state index in [-0.39, 0.29) is 0 Å². The van der Waals surface area contributed by atoms with Gasteiger partial charge in [-0.2, -0.15) is 4.98 Å². The largest absolute Gasteiger partial charge is 0.336 e. The Balaban J connectivity index is 1.96. The van der Waals surface area contributed by atoms with E-state index >= 15 is 0 Å². The Bertz CT molecular complexity index is 738. The van der Waals surface area contributed by atoms with Gasteiger partial charge >= 0.3 is 0 Å². The molecule has 0 aliphatic rings. The second kappa shape index (κ2) is 5.38. The van der Waals surface area contributed by atoms with E-state index in [2.05, 4.69) is 31.1 Å². The predicted molar refractivity (Wildman–Crippen MR) is 82.3 cm³/mol. The lowest BCUT2D eigenvalue weighted by atomic mass is 9.93. The van der Waals surface area contributed by atoms with Crippen LogP contribution in [0.1, 0.15) is 18.4 Å². The highest BCUT2D eigenvalue weighted by atomic mass is 79.9. The highest BCUT2D eigenvalue weighted by Crippen LogP contribution is 2.26. The molecule has 3 rings (SSSR count). The van der Waals surface area contributed by atoms with E-state index in [0.717, 1.165) is 10.0 Å². The van der Waals surface area contributed by atoms with Crippen molar-refractivity contribution in [2.24, 2.45) is 5.73 Å². The molecule has 0 spiro atoms. The molecule has 1 aromatic carbocycles. The lowest BCUT2D eigenvalue weighted by Gasteiger charge is -2.20. The summed E-state index contributed by atoms with van der Waals surface area (Å²) in [7, 11) is 0. The van der Waals surface area contributed by atoms with E-state index in [1.807, 2.05) is 49.4 Å². The Kier molecular flexibility index (Phi) is 3.57. The topological polar surface area (TPSA) is 77.8 Å². The molecule has 2 heterocycles. The first-order valence-electron chi connectivity index (χ1n) is 6.38. The lowest BCUT2D eigenvalue weighted by molar-refractivity contribution is 0.325. The van der Waals surface area contributed by atoms with Gasteiger partial charge in [-0.25, -0.2) is 0 Å². The van der Waals surface area contributed by atoms with Crippen LogP contribution in [-0.4, -0.2) is 15.1 Å². The van der Waals surface area contributed by atoms with E-state index in [1.165, 1.54) is 0 Å². The molecule has 0 aliphatic heterocycles. The third-order valence-electron chi connectivity index (χ3n) is 3.20. The van der Waals surface area contributed by atoms with Gasteiger partial charge in [-0.1, -0.05) is 35.5 Å². The summed E-state index contributed by atoms with van der Waals surface area (Å²) >= 11 is 3.34. The van der Waals surface area contributed by atoms with Crippen LogP contribution in [0.5, 0.6) is 0 Å². The zero-order valence-electron chi connectivity index (χ0n) is 11.3. The van der Waals surface area contributed by atoms with Gasteiger partial charge in [0.1, 0.15) is 11.2 Å². The number of nitrogens with zero attached hydrogens (tertiary/aromatic N) is 3. The monoisotopic (exact) mass is 344 g/mol. The minimum atomic E-state index is -0.845. The first-order chi connectivity index (χ1) is 10.1. The number of aromatic nitrogens is 3. The summed E-state index contributed by atoms with van der Waals surface area (Å²) in [4.78, 5) is 8.62. The molecule has 0 aliphatic carbocycles. The molecule has 5 nitrogen and oxygen atoms in total. The molecule has 0 saturated heterocycles. The van der Waals surface area contributed by atoms with Crippen molar-refractivity contribution < 1.29 is 4.52 Å². The van der Waals surface area contributed by atoms with Crippen molar-refractivity contribution in [3.63, 3.8) is 0 Å². The molecule has 3 aromatic rings. The molecule has 0 saturated carbocycles. The molecule has 0 fully saturated rings. The smallest absolute Gasteiger partial charge is 0.251 e. The minimum absolute atomic E-state index is 0.355. The third kappa shape index (κ3) is 2.72. The molecular weight excluding hydrogens is 332 g/mol. The molecule has 2 N–H and O–H groups in total. The van der Waals surface area contributed by atoms with Crippen molar-refractivity contribution >= 4 is 15.9 Å². The van der Waals surface area contributed by atoms with Crippen molar-refractivity contribution in [1.82, 2.24) is 15.1 Å².